The molecule has 1 aliphatic rings. The van der Waals surface area contributed by atoms with Gasteiger partial charge in [0, 0.05) is 24.1 Å². The minimum atomic E-state index is 0.0600. The normalized spacial score (nSPS) is 19.5. The molecule has 0 radical (unpaired) electrons. The van der Waals surface area contributed by atoms with Gasteiger partial charge in [0.1, 0.15) is 0 Å². The Kier molecular flexibility index (Phi) is 6.01. The monoisotopic (exact) mass is 296 g/mol. The lowest BCUT2D eigenvalue weighted by molar-refractivity contribution is -0.121. The van der Waals surface area contributed by atoms with Crippen LogP contribution in [-0.2, 0) is 9.53 Å². The fourth-order valence-corrected chi connectivity index (χ4v) is 3.27. The van der Waals surface area contributed by atoms with Crippen LogP contribution < -0.4 is 10.6 Å². The smallest absolute Gasteiger partial charge is 0.234 e. The molecule has 0 spiro atoms. The minimum absolute atomic E-state index is 0.0600. The topological polar surface area (TPSA) is 50.4 Å². The second-order valence-corrected chi connectivity index (χ2v) is 6.40. The van der Waals surface area contributed by atoms with E-state index < -0.39 is 0 Å². The molecule has 2 rings (SSSR count). The Morgan fingerprint density at radius 2 is 2.20 bits per heavy atom. The van der Waals surface area contributed by atoms with E-state index in [2.05, 4.69) is 17.6 Å². The van der Waals surface area contributed by atoms with Gasteiger partial charge in [-0.2, -0.15) is 0 Å². The molecule has 1 aromatic rings. The van der Waals surface area contributed by atoms with Crippen LogP contribution in [-0.4, -0.2) is 31.7 Å². The van der Waals surface area contributed by atoms with Crippen molar-refractivity contribution in [3.05, 3.63) is 22.4 Å². The highest BCUT2D eigenvalue weighted by atomic mass is 32.1. The van der Waals surface area contributed by atoms with E-state index in [1.807, 2.05) is 24.4 Å². The molecule has 2 atom stereocenters. The summed E-state index contributed by atoms with van der Waals surface area (Å²) in [6, 6.07) is 4.51. The molecule has 0 bridgehead atoms. The molecule has 2 heterocycles. The summed E-state index contributed by atoms with van der Waals surface area (Å²) in [5.41, 5.74) is 0. The molecule has 1 aliphatic heterocycles. The highest BCUT2D eigenvalue weighted by Crippen LogP contribution is 2.19. The van der Waals surface area contributed by atoms with E-state index in [0.29, 0.717) is 18.5 Å². The van der Waals surface area contributed by atoms with E-state index in [4.69, 9.17) is 4.74 Å². The maximum Gasteiger partial charge on any atom is 0.234 e. The Labute approximate surface area is 124 Å². The zero-order valence-corrected chi connectivity index (χ0v) is 13.0. The fourth-order valence-electron chi connectivity index (χ4n) is 2.54. The van der Waals surface area contributed by atoms with Gasteiger partial charge in [-0.1, -0.05) is 6.07 Å². The first-order chi connectivity index (χ1) is 9.66. The van der Waals surface area contributed by atoms with E-state index in [0.717, 1.165) is 26.1 Å². The van der Waals surface area contributed by atoms with E-state index >= 15 is 0 Å². The number of carbonyl (C=O) groups is 1. The average molecular weight is 296 g/mol. The third-order valence-corrected chi connectivity index (χ3v) is 4.96. The molecular formula is C15H24N2O2S. The van der Waals surface area contributed by atoms with Crippen molar-refractivity contribution in [1.29, 1.82) is 0 Å². The molecule has 0 unspecified atom stereocenters. The van der Waals surface area contributed by atoms with Gasteiger partial charge in [0.2, 0.25) is 5.91 Å². The van der Waals surface area contributed by atoms with Crippen LogP contribution in [0.3, 0.4) is 0 Å². The third-order valence-electron chi connectivity index (χ3n) is 3.91. The lowest BCUT2D eigenvalue weighted by atomic mass is 9.93. The SMILES string of the molecule is C[C@H](NC(=O)CN[C@@H](C)C1CCOCC1)c1cccs1. The summed E-state index contributed by atoms with van der Waals surface area (Å²) in [5, 5.41) is 8.39. The van der Waals surface area contributed by atoms with Crippen molar-refractivity contribution < 1.29 is 9.53 Å². The molecule has 0 saturated carbocycles. The molecule has 0 aromatic carbocycles. The number of carbonyl (C=O) groups excluding carboxylic acids is 1. The van der Waals surface area contributed by atoms with Crippen molar-refractivity contribution >= 4 is 17.2 Å². The van der Waals surface area contributed by atoms with Crippen molar-refractivity contribution in [1.82, 2.24) is 10.6 Å². The Morgan fingerprint density at radius 3 is 2.85 bits per heavy atom. The summed E-state index contributed by atoms with van der Waals surface area (Å²) < 4.78 is 5.36. The summed E-state index contributed by atoms with van der Waals surface area (Å²) in [7, 11) is 0. The zero-order chi connectivity index (χ0) is 14.4. The Bertz CT molecular complexity index is 402. The first-order valence-electron chi connectivity index (χ1n) is 7.30. The Hall–Kier alpha value is -0.910. The zero-order valence-electron chi connectivity index (χ0n) is 12.2. The summed E-state index contributed by atoms with van der Waals surface area (Å²) in [6.07, 6.45) is 2.17. The van der Waals surface area contributed by atoms with Crippen LogP contribution >= 0.6 is 11.3 Å². The van der Waals surface area contributed by atoms with Gasteiger partial charge < -0.3 is 15.4 Å². The summed E-state index contributed by atoms with van der Waals surface area (Å²) >= 11 is 1.67. The molecule has 1 aromatic heterocycles. The standard InChI is InChI=1S/C15H24N2O2S/c1-11(13-5-7-19-8-6-13)16-10-15(18)17-12(2)14-4-3-9-20-14/h3-4,9,11-13,16H,5-8,10H2,1-2H3,(H,17,18)/t11-,12-/m0/s1. The van der Waals surface area contributed by atoms with Gasteiger partial charge in [-0.05, 0) is 44.1 Å². The third kappa shape index (κ3) is 4.58. The maximum absolute atomic E-state index is 11.9. The molecule has 2 N–H and O–H groups in total. The quantitative estimate of drug-likeness (QED) is 0.847. The Morgan fingerprint density at radius 1 is 1.45 bits per heavy atom. The van der Waals surface area contributed by atoms with E-state index in [1.54, 1.807) is 11.3 Å². The molecule has 112 valence electrons. The number of hydrogen-bond acceptors (Lipinski definition) is 4. The van der Waals surface area contributed by atoms with E-state index in [-0.39, 0.29) is 11.9 Å². The molecule has 20 heavy (non-hydrogen) atoms. The second kappa shape index (κ2) is 7.76. The number of amides is 1. The predicted molar refractivity (Wildman–Crippen MR) is 81.9 cm³/mol. The second-order valence-electron chi connectivity index (χ2n) is 5.42. The van der Waals surface area contributed by atoms with Crippen LogP contribution in [0.25, 0.3) is 0 Å². The molecule has 1 amide bonds. The molecule has 1 fully saturated rings. The van der Waals surface area contributed by atoms with Crippen LogP contribution in [0.1, 0.15) is 37.6 Å². The minimum Gasteiger partial charge on any atom is -0.381 e. The van der Waals surface area contributed by atoms with Gasteiger partial charge in [-0.15, -0.1) is 11.3 Å². The van der Waals surface area contributed by atoms with Crippen LogP contribution in [0.15, 0.2) is 17.5 Å². The first kappa shape index (κ1) is 15.5. The summed E-state index contributed by atoms with van der Waals surface area (Å²) in [6.45, 7) is 6.25. The molecule has 0 aliphatic carbocycles. The Balaban J connectivity index is 1.69. The van der Waals surface area contributed by atoms with Crippen molar-refractivity contribution in [3.63, 3.8) is 0 Å². The largest absolute Gasteiger partial charge is 0.381 e. The number of hydrogen-bond donors (Lipinski definition) is 2. The van der Waals surface area contributed by atoms with Crippen molar-refractivity contribution in [2.24, 2.45) is 5.92 Å². The predicted octanol–water partition coefficient (Wildman–Crippen LogP) is 2.33. The van der Waals surface area contributed by atoms with Crippen molar-refractivity contribution in [3.8, 4) is 0 Å². The summed E-state index contributed by atoms with van der Waals surface area (Å²) in [5.74, 6) is 0.677. The van der Waals surface area contributed by atoms with Crippen LogP contribution in [0.5, 0.6) is 0 Å². The van der Waals surface area contributed by atoms with Crippen LogP contribution in [0.4, 0.5) is 0 Å². The van der Waals surface area contributed by atoms with Gasteiger partial charge in [0.15, 0.2) is 0 Å². The summed E-state index contributed by atoms with van der Waals surface area (Å²) in [4.78, 5) is 13.1. The average Bonchev–Trinajstić information content (AvgIpc) is 3.00. The molecular weight excluding hydrogens is 272 g/mol. The lowest BCUT2D eigenvalue weighted by Gasteiger charge is -2.28. The number of thiophene rings is 1. The van der Waals surface area contributed by atoms with Crippen molar-refractivity contribution in [2.45, 2.75) is 38.8 Å². The van der Waals surface area contributed by atoms with Crippen LogP contribution in [0, 0.1) is 5.92 Å². The van der Waals surface area contributed by atoms with Gasteiger partial charge in [-0.3, -0.25) is 4.79 Å². The van der Waals surface area contributed by atoms with Crippen molar-refractivity contribution in [2.75, 3.05) is 19.8 Å². The highest BCUT2D eigenvalue weighted by Gasteiger charge is 2.20. The van der Waals surface area contributed by atoms with Gasteiger partial charge in [0.05, 0.1) is 12.6 Å². The van der Waals surface area contributed by atoms with Crippen LogP contribution in [0.2, 0.25) is 0 Å². The maximum atomic E-state index is 11.9. The highest BCUT2D eigenvalue weighted by molar-refractivity contribution is 7.10. The number of rotatable bonds is 6. The molecule has 1 saturated heterocycles. The van der Waals surface area contributed by atoms with Gasteiger partial charge >= 0.3 is 0 Å². The van der Waals surface area contributed by atoms with E-state index in [9.17, 15) is 4.79 Å². The fraction of sp³-hybridized carbons (Fsp3) is 0.667. The number of nitrogens with one attached hydrogen (secondary N) is 2. The first-order valence-corrected chi connectivity index (χ1v) is 8.18. The molecule has 4 nitrogen and oxygen atoms in total. The van der Waals surface area contributed by atoms with Gasteiger partial charge in [0.25, 0.3) is 0 Å². The van der Waals surface area contributed by atoms with Gasteiger partial charge in [-0.25, -0.2) is 0 Å². The molecule has 5 heteroatoms. The lowest BCUT2D eigenvalue weighted by Crippen LogP contribution is -2.43. The van der Waals surface area contributed by atoms with E-state index in [1.165, 1.54) is 4.88 Å². The number of ether oxygens (including phenoxy) is 1.